The smallest absolute Gasteiger partial charge is 0.258 e. The van der Waals surface area contributed by atoms with E-state index in [0.29, 0.717) is 16.8 Å². The number of amides is 1. The lowest BCUT2D eigenvalue weighted by atomic mass is 10.0. The minimum atomic E-state index is -0.0750. The first-order valence-electron chi connectivity index (χ1n) is 6.54. The Morgan fingerprint density at radius 1 is 1.45 bits per heavy atom. The van der Waals surface area contributed by atoms with Gasteiger partial charge in [0.2, 0.25) is 0 Å². The first-order chi connectivity index (χ1) is 9.13. The molecule has 2 atom stereocenters. The summed E-state index contributed by atoms with van der Waals surface area (Å²) in [6, 6.07) is 7.69. The molecule has 0 saturated carbocycles. The van der Waals surface area contributed by atoms with Crippen molar-refractivity contribution < 1.29 is 9.53 Å². The molecule has 1 aromatic rings. The zero-order valence-corrected chi connectivity index (χ0v) is 13.0. The number of carbonyl (C=O) groups is 1. The molecule has 0 radical (unpaired) electrons. The van der Waals surface area contributed by atoms with Crippen LogP contribution in [0.4, 0.5) is 0 Å². The minimum absolute atomic E-state index is 0. The third-order valence-electron chi connectivity index (χ3n) is 3.17. The van der Waals surface area contributed by atoms with Gasteiger partial charge in [-0.25, -0.2) is 0 Å². The molecule has 2 unspecified atom stereocenters. The van der Waals surface area contributed by atoms with Crippen LogP contribution in [-0.2, 0) is 4.79 Å². The molecule has 0 aromatic heterocycles. The summed E-state index contributed by atoms with van der Waals surface area (Å²) in [6.45, 7) is 3.12. The van der Waals surface area contributed by atoms with E-state index in [-0.39, 0.29) is 31.0 Å². The Kier molecular flexibility index (Phi) is 7.13. The highest BCUT2D eigenvalue weighted by molar-refractivity contribution is 6.30. The summed E-state index contributed by atoms with van der Waals surface area (Å²) in [7, 11) is 0. The summed E-state index contributed by atoms with van der Waals surface area (Å²) < 4.78 is 5.40. The van der Waals surface area contributed by atoms with Crippen LogP contribution in [0.25, 0.3) is 0 Å². The van der Waals surface area contributed by atoms with Gasteiger partial charge in [-0.05, 0) is 50.6 Å². The fourth-order valence-corrected chi connectivity index (χ4v) is 2.34. The Morgan fingerprint density at radius 3 is 2.80 bits per heavy atom. The fraction of sp³-hybridized carbons (Fsp3) is 0.500. The van der Waals surface area contributed by atoms with E-state index in [9.17, 15) is 4.79 Å². The lowest BCUT2D eigenvalue weighted by molar-refractivity contribution is -0.124. The Labute approximate surface area is 130 Å². The molecule has 20 heavy (non-hydrogen) atoms. The second kappa shape index (κ2) is 8.35. The Hall–Kier alpha value is -0.970. The van der Waals surface area contributed by atoms with E-state index < -0.39 is 0 Å². The molecule has 0 aliphatic carbocycles. The van der Waals surface area contributed by atoms with Gasteiger partial charge in [0.1, 0.15) is 5.75 Å². The molecule has 2 rings (SSSR count). The average Bonchev–Trinajstić information content (AvgIpc) is 2.38. The van der Waals surface area contributed by atoms with Gasteiger partial charge >= 0.3 is 0 Å². The second-order valence-corrected chi connectivity index (χ2v) is 5.32. The van der Waals surface area contributed by atoms with Crippen LogP contribution in [0.2, 0.25) is 5.02 Å². The zero-order chi connectivity index (χ0) is 13.7. The summed E-state index contributed by atoms with van der Waals surface area (Å²) in [5.41, 5.74) is 0. The Balaban J connectivity index is 0.00000200. The number of benzene rings is 1. The summed E-state index contributed by atoms with van der Waals surface area (Å²) in [4.78, 5) is 11.8. The molecule has 1 aromatic carbocycles. The van der Waals surface area contributed by atoms with E-state index in [1.54, 1.807) is 24.3 Å². The van der Waals surface area contributed by atoms with Crippen LogP contribution in [0.3, 0.4) is 0 Å². The van der Waals surface area contributed by atoms with Crippen molar-refractivity contribution in [3.8, 4) is 5.75 Å². The standard InChI is InChI=1S/C14H19ClN2O2.ClH/c1-10-8-12(6-7-16-10)17-14(18)9-19-13-4-2-11(15)3-5-13;/h2-5,10,12,16H,6-9H2,1H3,(H,17,18);1H. The highest BCUT2D eigenvalue weighted by Crippen LogP contribution is 2.15. The van der Waals surface area contributed by atoms with Crippen LogP contribution in [0.1, 0.15) is 19.8 Å². The maximum absolute atomic E-state index is 11.8. The van der Waals surface area contributed by atoms with Crippen molar-refractivity contribution >= 4 is 29.9 Å². The van der Waals surface area contributed by atoms with Gasteiger partial charge in [0.15, 0.2) is 6.61 Å². The predicted molar refractivity (Wildman–Crippen MR) is 82.8 cm³/mol. The number of piperidine rings is 1. The normalized spacial score (nSPS) is 21.7. The van der Waals surface area contributed by atoms with Gasteiger partial charge < -0.3 is 15.4 Å². The maximum Gasteiger partial charge on any atom is 0.258 e. The van der Waals surface area contributed by atoms with Crippen molar-refractivity contribution in [2.75, 3.05) is 13.2 Å². The monoisotopic (exact) mass is 318 g/mol. The van der Waals surface area contributed by atoms with Gasteiger partial charge in [-0.2, -0.15) is 0 Å². The number of halogens is 2. The van der Waals surface area contributed by atoms with Gasteiger partial charge in [-0.3, -0.25) is 4.79 Å². The van der Waals surface area contributed by atoms with Crippen LogP contribution >= 0.6 is 24.0 Å². The summed E-state index contributed by atoms with van der Waals surface area (Å²) >= 11 is 5.78. The van der Waals surface area contributed by atoms with Crippen LogP contribution in [0.5, 0.6) is 5.75 Å². The van der Waals surface area contributed by atoms with Crippen LogP contribution in [0, 0.1) is 0 Å². The molecule has 1 aliphatic rings. The van der Waals surface area contributed by atoms with E-state index in [4.69, 9.17) is 16.3 Å². The molecular formula is C14H20Cl2N2O2. The van der Waals surface area contributed by atoms with Crippen LogP contribution in [-0.4, -0.2) is 31.1 Å². The topological polar surface area (TPSA) is 50.4 Å². The Bertz CT molecular complexity index is 426. The van der Waals surface area contributed by atoms with Crippen molar-refractivity contribution in [2.24, 2.45) is 0 Å². The number of hydrogen-bond donors (Lipinski definition) is 2. The zero-order valence-electron chi connectivity index (χ0n) is 11.4. The SMILES string of the molecule is CC1CC(NC(=O)COc2ccc(Cl)cc2)CCN1.Cl. The van der Waals surface area contributed by atoms with Gasteiger partial charge in [0, 0.05) is 17.1 Å². The molecule has 1 fully saturated rings. The lowest BCUT2D eigenvalue weighted by Crippen LogP contribution is -2.47. The predicted octanol–water partition coefficient (Wildman–Crippen LogP) is 2.40. The van der Waals surface area contributed by atoms with E-state index in [1.165, 1.54) is 0 Å². The molecular weight excluding hydrogens is 299 g/mol. The van der Waals surface area contributed by atoms with E-state index >= 15 is 0 Å². The molecule has 4 nitrogen and oxygen atoms in total. The molecule has 112 valence electrons. The van der Waals surface area contributed by atoms with E-state index in [1.807, 2.05) is 0 Å². The number of hydrogen-bond acceptors (Lipinski definition) is 3. The molecule has 1 amide bonds. The molecule has 6 heteroatoms. The molecule has 1 heterocycles. The first-order valence-corrected chi connectivity index (χ1v) is 6.92. The van der Waals surface area contributed by atoms with E-state index in [0.717, 1.165) is 19.4 Å². The van der Waals surface area contributed by atoms with Gasteiger partial charge in [0.25, 0.3) is 5.91 Å². The van der Waals surface area contributed by atoms with Crippen molar-refractivity contribution in [1.29, 1.82) is 0 Å². The third kappa shape index (κ3) is 5.57. The van der Waals surface area contributed by atoms with Gasteiger partial charge in [0.05, 0.1) is 0 Å². The lowest BCUT2D eigenvalue weighted by Gasteiger charge is -2.28. The van der Waals surface area contributed by atoms with Crippen LogP contribution < -0.4 is 15.4 Å². The highest BCUT2D eigenvalue weighted by atomic mass is 35.5. The minimum Gasteiger partial charge on any atom is -0.484 e. The number of nitrogens with one attached hydrogen (secondary N) is 2. The Morgan fingerprint density at radius 2 is 2.15 bits per heavy atom. The third-order valence-corrected chi connectivity index (χ3v) is 3.42. The largest absolute Gasteiger partial charge is 0.484 e. The van der Waals surface area contributed by atoms with Crippen molar-refractivity contribution in [3.63, 3.8) is 0 Å². The van der Waals surface area contributed by atoms with Crippen molar-refractivity contribution in [2.45, 2.75) is 31.8 Å². The van der Waals surface area contributed by atoms with Crippen molar-refractivity contribution in [1.82, 2.24) is 10.6 Å². The quantitative estimate of drug-likeness (QED) is 0.896. The molecule has 0 bridgehead atoms. The molecule has 0 spiro atoms. The number of ether oxygens (including phenoxy) is 1. The number of carbonyl (C=O) groups excluding carboxylic acids is 1. The van der Waals surface area contributed by atoms with Gasteiger partial charge in [-0.15, -0.1) is 12.4 Å². The average molecular weight is 319 g/mol. The summed E-state index contributed by atoms with van der Waals surface area (Å²) in [5.74, 6) is 0.576. The van der Waals surface area contributed by atoms with E-state index in [2.05, 4.69) is 17.6 Å². The summed E-state index contributed by atoms with van der Waals surface area (Å²) in [5, 5.41) is 7.01. The fourth-order valence-electron chi connectivity index (χ4n) is 2.21. The highest BCUT2D eigenvalue weighted by Gasteiger charge is 2.19. The summed E-state index contributed by atoms with van der Waals surface area (Å²) in [6.07, 6.45) is 1.93. The number of rotatable bonds is 4. The first kappa shape index (κ1) is 17.1. The second-order valence-electron chi connectivity index (χ2n) is 4.89. The van der Waals surface area contributed by atoms with Gasteiger partial charge in [-0.1, -0.05) is 11.6 Å². The molecule has 1 saturated heterocycles. The van der Waals surface area contributed by atoms with Crippen LogP contribution in [0.15, 0.2) is 24.3 Å². The van der Waals surface area contributed by atoms with Crippen molar-refractivity contribution in [3.05, 3.63) is 29.3 Å². The molecule has 1 aliphatic heterocycles. The molecule has 2 N–H and O–H groups in total. The maximum atomic E-state index is 11.8.